The van der Waals surface area contributed by atoms with E-state index in [4.69, 9.17) is 0 Å². The summed E-state index contributed by atoms with van der Waals surface area (Å²) in [5.41, 5.74) is 3.93. The lowest BCUT2D eigenvalue weighted by molar-refractivity contribution is 0.0373. The van der Waals surface area contributed by atoms with Crippen molar-refractivity contribution in [2.75, 3.05) is 25.0 Å². The SMILES string of the molecule is Cc1cnc(C(=O)N2CCC([C@@H]3CCCCN3C(=O)c3cccc(NCc4cccnc4)c3)CC2)cn1. The van der Waals surface area contributed by atoms with Gasteiger partial charge in [-0.3, -0.25) is 19.6 Å². The van der Waals surface area contributed by atoms with Crippen molar-refractivity contribution in [2.24, 2.45) is 5.92 Å². The lowest BCUT2D eigenvalue weighted by Crippen LogP contribution is -2.51. The number of carbonyl (C=O) groups is 2. The fourth-order valence-electron chi connectivity index (χ4n) is 5.49. The molecule has 2 aliphatic rings. The second-order valence-corrected chi connectivity index (χ2v) is 10.0. The highest BCUT2D eigenvalue weighted by molar-refractivity contribution is 5.95. The Morgan fingerprint density at radius 2 is 1.81 bits per heavy atom. The minimum Gasteiger partial charge on any atom is -0.381 e. The van der Waals surface area contributed by atoms with Crippen LogP contribution in [0.25, 0.3) is 0 Å². The lowest BCUT2D eigenvalue weighted by atomic mass is 9.83. The number of hydrogen-bond donors (Lipinski definition) is 1. The summed E-state index contributed by atoms with van der Waals surface area (Å²) in [4.78, 5) is 43.1. The van der Waals surface area contributed by atoms with Gasteiger partial charge in [0.15, 0.2) is 0 Å². The summed E-state index contributed by atoms with van der Waals surface area (Å²) in [6, 6.07) is 12.0. The van der Waals surface area contributed by atoms with E-state index in [1.165, 1.54) is 0 Å². The van der Waals surface area contributed by atoms with Crippen molar-refractivity contribution in [2.45, 2.75) is 51.6 Å². The smallest absolute Gasteiger partial charge is 0.274 e. The second-order valence-electron chi connectivity index (χ2n) is 10.0. The van der Waals surface area contributed by atoms with Crippen molar-refractivity contribution in [1.82, 2.24) is 24.8 Å². The molecule has 0 spiro atoms. The number of hydrogen-bond acceptors (Lipinski definition) is 6. The van der Waals surface area contributed by atoms with Crippen molar-refractivity contribution >= 4 is 17.5 Å². The molecule has 2 aliphatic heterocycles. The van der Waals surface area contributed by atoms with Gasteiger partial charge in [0.1, 0.15) is 5.69 Å². The molecule has 0 bridgehead atoms. The van der Waals surface area contributed by atoms with Crippen LogP contribution in [0.3, 0.4) is 0 Å². The molecule has 8 heteroatoms. The first-order chi connectivity index (χ1) is 18.1. The molecule has 2 aromatic heterocycles. The Labute approximate surface area is 218 Å². The molecule has 2 amide bonds. The maximum absolute atomic E-state index is 13.7. The van der Waals surface area contributed by atoms with E-state index in [0.29, 0.717) is 36.8 Å². The van der Waals surface area contributed by atoms with Crippen LogP contribution in [0.1, 0.15) is 64.2 Å². The molecule has 5 rings (SSSR count). The van der Waals surface area contributed by atoms with E-state index < -0.39 is 0 Å². The maximum atomic E-state index is 13.7. The Hall–Kier alpha value is -3.81. The average Bonchev–Trinajstić information content (AvgIpc) is 2.96. The van der Waals surface area contributed by atoms with E-state index in [-0.39, 0.29) is 17.9 Å². The van der Waals surface area contributed by atoms with Gasteiger partial charge in [-0.05, 0) is 74.8 Å². The maximum Gasteiger partial charge on any atom is 0.274 e. The van der Waals surface area contributed by atoms with Crippen LogP contribution in [-0.4, -0.2) is 62.2 Å². The van der Waals surface area contributed by atoms with E-state index in [9.17, 15) is 9.59 Å². The highest BCUT2D eigenvalue weighted by atomic mass is 16.2. The van der Waals surface area contributed by atoms with Gasteiger partial charge in [-0.25, -0.2) is 4.98 Å². The largest absolute Gasteiger partial charge is 0.381 e. The van der Waals surface area contributed by atoms with Crippen molar-refractivity contribution < 1.29 is 9.59 Å². The minimum atomic E-state index is -0.0573. The van der Waals surface area contributed by atoms with Crippen molar-refractivity contribution in [3.05, 3.63) is 83.7 Å². The number of aromatic nitrogens is 3. The fraction of sp³-hybridized carbons (Fsp3) is 0.414. The van der Waals surface area contributed by atoms with Gasteiger partial charge >= 0.3 is 0 Å². The number of carbonyl (C=O) groups excluding carboxylic acids is 2. The van der Waals surface area contributed by atoms with Crippen LogP contribution in [-0.2, 0) is 6.54 Å². The Morgan fingerprint density at radius 1 is 0.946 bits per heavy atom. The lowest BCUT2D eigenvalue weighted by Gasteiger charge is -2.43. The van der Waals surface area contributed by atoms with Gasteiger partial charge in [-0.1, -0.05) is 12.1 Å². The van der Waals surface area contributed by atoms with Crippen molar-refractivity contribution in [3.8, 4) is 0 Å². The van der Waals surface area contributed by atoms with Crippen LogP contribution in [0.4, 0.5) is 5.69 Å². The first-order valence-electron chi connectivity index (χ1n) is 13.2. The second kappa shape index (κ2) is 11.5. The van der Waals surface area contributed by atoms with Crippen LogP contribution in [0.5, 0.6) is 0 Å². The number of amides is 2. The molecule has 0 unspecified atom stereocenters. The highest BCUT2D eigenvalue weighted by Crippen LogP contribution is 2.32. The van der Waals surface area contributed by atoms with Crippen LogP contribution >= 0.6 is 0 Å². The molecule has 1 N–H and O–H groups in total. The van der Waals surface area contributed by atoms with Gasteiger partial charge < -0.3 is 15.1 Å². The summed E-state index contributed by atoms with van der Waals surface area (Å²) in [6.07, 6.45) is 11.8. The van der Waals surface area contributed by atoms with E-state index in [1.54, 1.807) is 18.6 Å². The molecular weight excluding hydrogens is 464 g/mol. The third kappa shape index (κ3) is 5.96. The molecule has 8 nitrogen and oxygen atoms in total. The average molecular weight is 499 g/mol. The Morgan fingerprint density at radius 3 is 2.57 bits per heavy atom. The van der Waals surface area contributed by atoms with E-state index in [2.05, 4.69) is 25.2 Å². The summed E-state index contributed by atoms with van der Waals surface area (Å²) in [5.74, 6) is 0.436. The number of aryl methyl sites for hydroxylation is 1. The summed E-state index contributed by atoms with van der Waals surface area (Å²) in [6.45, 7) is 4.67. The van der Waals surface area contributed by atoms with Crippen LogP contribution < -0.4 is 5.32 Å². The summed E-state index contributed by atoms with van der Waals surface area (Å²) in [5, 5.41) is 3.41. The first kappa shape index (κ1) is 24.9. The molecule has 3 aromatic rings. The van der Waals surface area contributed by atoms with Gasteiger partial charge in [0.2, 0.25) is 0 Å². The number of pyridine rings is 1. The minimum absolute atomic E-state index is 0.0573. The standard InChI is InChI=1S/C29H34N6O2/c1-21-17-33-26(20-31-21)29(37)34-14-10-23(11-15-34)27-9-2-3-13-35(27)28(36)24-7-4-8-25(16-24)32-19-22-6-5-12-30-18-22/h4-8,12,16-18,20,23,27,32H,2-3,9-11,13-15,19H2,1H3/t27-/m0/s1. The monoisotopic (exact) mass is 498 g/mol. The number of rotatable bonds is 6. The topological polar surface area (TPSA) is 91.3 Å². The first-order valence-corrected chi connectivity index (χ1v) is 13.2. The number of benzene rings is 1. The third-order valence-electron chi connectivity index (χ3n) is 7.51. The highest BCUT2D eigenvalue weighted by Gasteiger charge is 2.36. The zero-order valence-corrected chi connectivity index (χ0v) is 21.3. The molecule has 192 valence electrons. The summed E-state index contributed by atoms with van der Waals surface area (Å²) in [7, 11) is 0. The number of likely N-dealkylation sites (tertiary alicyclic amines) is 2. The number of anilines is 1. The van der Waals surface area contributed by atoms with Gasteiger partial charge in [-0.15, -0.1) is 0 Å². The van der Waals surface area contributed by atoms with Crippen LogP contribution in [0.15, 0.2) is 61.2 Å². The van der Waals surface area contributed by atoms with Crippen LogP contribution in [0.2, 0.25) is 0 Å². The fourth-order valence-corrected chi connectivity index (χ4v) is 5.49. The van der Waals surface area contributed by atoms with Crippen molar-refractivity contribution in [1.29, 1.82) is 0 Å². The number of nitrogens with one attached hydrogen (secondary N) is 1. The van der Waals surface area contributed by atoms with Gasteiger partial charge in [0.25, 0.3) is 11.8 Å². The van der Waals surface area contributed by atoms with E-state index in [1.807, 2.05) is 54.4 Å². The molecule has 0 radical (unpaired) electrons. The molecule has 1 aromatic carbocycles. The summed E-state index contributed by atoms with van der Waals surface area (Å²) < 4.78 is 0. The molecule has 1 atom stereocenters. The van der Waals surface area contributed by atoms with Gasteiger partial charge in [0.05, 0.1) is 11.9 Å². The normalized spacial score (nSPS) is 18.5. The van der Waals surface area contributed by atoms with E-state index in [0.717, 1.165) is 55.6 Å². The molecular formula is C29H34N6O2. The zero-order valence-electron chi connectivity index (χ0n) is 21.3. The molecule has 4 heterocycles. The summed E-state index contributed by atoms with van der Waals surface area (Å²) >= 11 is 0. The molecule has 37 heavy (non-hydrogen) atoms. The van der Waals surface area contributed by atoms with Gasteiger partial charge in [0, 0.05) is 62.1 Å². The molecule has 2 fully saturated rings. The Bertz CT molecular complexity index is 1210. The number of piperidine rings is 2. The predicted molar refractivity (Wildman–Crippen MR) is 142 cm³/mol. The van der Waals surface area contributed by atoms with Gasteiger partial charge in [-0.2, -0.15) is 0 Å². The van der Waals surface area contributed by atoms with E-state index >= 15 is 0 Å². The number of nitrogens with zero attached hydrogens (tertiary/aromatic N) is 5. The van der Waals surface area contributed by atoms with Crippen LogP contribution in [0, 0.1) is 12.8 Å². The van der Waals surface area contributed by atoms with Crippen molar-refractivity contribution in [3.63, 3.8) is 0 Å². The third-order valence-corrected chi connectivity index (χ3v) is 7.51. The quantitative estimate of drug-likeness (QED) is 0.544. The predicted octanol–water partition coefficient (Wildman–Crippen LogP) is 4.34. The zero-order chi connectivity index (χ0) is 25.6. The molecule has 0 aliphatic carbocycles. The molecule has 0 saturated carbocycles. The molecule has 2 saturated heterocycles. The Balaban J connectivity index is 1.22. The Kier molecular flexibility index (Phi) is 7.73.